The molecule has 0 unspecified atom stereocenters. The van der Waals surface area contributed by atoms with Gasteiger partial charge in [0.25, 0.3) is 17.9 Å². The molecule has 1 aromatic heterocycles. The third-order valence-corrected chi connectivity index (χ3v) is 7.57. The number of aliphatic carboxylic acids is 1. The molecule has 0 saturated carbocycles. The average molecular weight is 655 g/mol. The van der Waals surface area contributed by atoms with Gasteiger partial charge in [0.1, 0.15) is 29.9 Å². The van der Waals surface area contributed by atoms with Crippen molar-refractivity contribution in [2.24, 2.45) is 15.9 Å². The lowest BCUT2D eigenvalue weighted by Gasteiger charge is -2.50. The molecule has 2 amide bonds. The summed E-state index contributed by atoms with van der Waals surface area (Å²) < 4.78 is 40.9. The van der Waals surface area contributed by atoms with Crippen molar-refractivity contribution in [1.82, 2.24) is 20.7 Å². The molecule has 1 aromatic carbocycles. The second-order valence-electron chi connectivity index (χ2n) is 10.1. The monoisotopic (exact) mass is 654 g/mol. The number of nitrogens with one attached hydrogen (secondary N) is 2. The Bertz CT molecular complexity index is 1570. The summed E-state index contributed by atoms with van der Waals surface area (Å²) in [6.45, 7) is 3.83. The van der Waals surface area contributed by atoms with Crippen molar-refractivity contribution in [2.45, 2.75) is 44.0 Å². The fraction of sp³-hybridized carbons (Fsp3) is 0.417. The van der Waals surface area contributed by atoms with Gasteiger partial charge >= 0.3 is 16.4 Å². The number of aromatic nitrogens is 1. The zero-order chi connectivity index (χ0) is 32.2. The number of benzene rings is 1. The number of hydrogen-bond acceptors (Lipinski definition) is 14. The van der Waals surface area contributed by atoms with Crippen LogP contribution in [0, 0.1) is 0 Å². The normalized spacial score (nSPS) is 21.0. The Morgan fingerprint density at radius 3 is 2.57 bits per heavy atom. The van der Waals surface area contributed by atoms with Gasteiger partial charge in [-0.05, 0) is 51.1 Å². The number of oxime groups is 1. The molecule has 2 aliphatic rings. The number of thiazole rings is 1. The molecule has 0 spiro atoms. The van der Waals surface area contributed by atoms with Crippen LogP contribution >= 0.6 is 11.3 Å². The predicted octanol–water partition coefficient (Wildman–Crippen LogP) is -1.11. The molecule has 0 radical (unpaired) electrons. The Hall–Kier alpha value is -4.37. The Morgan fingerprint density at radius 1 is 1.32 bits per heavy atom. The van der Waals surface area contributed by atoms with Gasteiger partial charge in [0.15, 0.2) is 10.8 Å². The number of amidine groups is 1. The van der Waals surface area contributed by atoms with Crippen LogP contribution in [0.2, 0.25) is 0 Å². The number of amides is 2. The second-order valence-corrected chi connectivity index (χ2v) is 12.0. The minimum atomic E-state index is -5.01. The number of hydroxylamine groups is 2. The molecule has 8 N–H and O–H groups in total. The van der Waals surface area contributed by atoms with Crippen molar-refractivity contribution in [1.29, 1.82) is 0 Å². The Balaban J connectivity index is 1.44. The fourth-order valence-corrected chi connectivity index (χ4v) is 5.20. The van der Waals surface area contributed by atoms with Gasteiger partial charge in [0, 0.05) is 17.5 Å². The van der Waals surface area contributed by atoms with Crippen LogP contribution in [-0.2, 0) is 33.9 Å². The molecular formula is C24H30N8O10S2. The number of carbonyl (C=O) groups excluding carboxylic acids is 2. The van der Waals surface area contributed by atoms with Crippen molar-refractivity contribution >= 4 is 56.2 Å². The maximum atomic E-state index is 13.2. The van der Waals surface area contributed by atoms with E-state index in [1.54, 1.807) is 24.3 Å². The van der Waals surface area contributed by atoms with Gasteiger partial charge in [-0.2, -0.15) is 13.5 Å². The number of aliphatic imine (C=N–C) groups is 1. The highest BCUT2D eigenvalue weighted by molar-refractivity contribution is 7.80. The summed E-state index contributed by atoms with van der Waals surface area (Å²) >= 11 is 0.955. The minimum absolute atomic E-state index is 0.0560. The Kier molecular flexibility index (Phi) is 9.69. The number of carboxylic acid groups (broad SMARTS) is 1. The number of hydrogen-bond donors (Lipinski definition) is 6. The standard InChI is InChI=1S/C24H30N8O10S2/c1-24(2)18(21(34)32(24)42-44(37,38)39)30-20(33)17(15-11-43-23(26)29-15)31-41-16(22(35)36)10-40-14-5-3-12(4-6-14)19(25)28-13-7-8-27-9-13/h3-6,11,13,16,18,27H,7-10H2,1-2H3,(H2,25,28)(H2,26,29)(H,30,33)(H,35,36)(H,37,38,39)/b31-17-/t13-,16+,18-/m1/s1. The molecule has 44 heavy (non-hydrogen) atoms. The summed E-state index contributed by atoms with van der Waals surface area (Å²) in [4.78, 5) is 51.1. The Labute approximate surface area is 255 Å². The molecular weight excluding hydrogens is 624 g/mol. The number of rotatable bonds is 13. The van der Waals surface area contributed by atoms with Crippen LogP contribution in [-0.4, -0.2) is 101 Å². The van der Waals surface area contributed by atoms with E-state index in [0.29, 0.717) is 22.2 Å². The maximum Gasteiger partial charge on any atom is 0.418 e. The first-order valence-electron chi connectivity index (χ1n) is 12.9. The van der Waals surface area contributed by atoms with Gasteiger partial charge in [0.05, 0.1) is 11.6 Å². The lowest BCUT2D eigenvalue weighted by molar-refractivity contribution is -0.218. The fourth-order valence-electron chi connectivity index (χ4n) is 4.20. The molecule has 18 nitrogen and oxygen atoms in total. The van der Waals surface area contributed by atoms with Gasteiger partial charge < -0.3 is 36.8 Å². The number of nitrogens with zero attached hydrogens (tertiary/aromatic N) is 4. The van der Waals surface area contributed by atoms with E-state index in [1.807, 2.05) is 0 Å². The van der Waals surface area contributed by atoms with E-state index in [2.05, 4.69) is 30.0 Å². The molecule has 2 saturated heterocycles. The first-order chi connectivity index (χ1) is 20.7. The van der Waals surface area contributed by atoms with Crippen LogP contribution in [0.25, 0.3) is 0 Å². The number of nitrogen functional groups attached to an aromatic ring is 1. The summed E-state index contributed by atoms with van der Waals surface area (Å²) in [5.74, 6) is -2.81. The number of nitrogens with two attached hydrogens (primary N) is 2. The molecule has 2 aliphatic heterocycles. The van der Waals surface area contributed by atoms with Crippen molar-refractivity contribution < 1.29 is 46.3 Å². The summed E-state index contributed by atoms with van der Waals surface area (Å²) in [6, 6.07) is 5.28. The van der Waals surface area contributed by atoms with Crippen LogP contribution in [0.15, 0.2) is 39.8 Å². The van der Waals surface area contributed by atoms with Crippen molar-refractivity contribution in [3.8, 4) is 5.75 Å². The molecule has 3 atom stereocenters. The SMILES string of the molecule is CC1(C)[C@H](NC(=O)/C(=N\O[C@@H](COc2ccc(C(N)=N[C@@H]3CCNC3)cc2)C(=O)O)c2csc(N)n2)C(=O)N1OS(=O)(=O)O. The quantitative estimate of drug-likeness (QED) is 0.0491. The first-order valence-corrected chi connectivity index (χ1v) is 15.2. The molecule has 2 aromatic rings. The number of carbonyl (C=O) groups is 3. The van der Waals surface area contributed by atoms with E-state index in [9.17, 15) is 27.9 Å². The lowest BCUT2D eigenvalue weighted by atomic mass is 9.84. The molecule has 238 valence electrons. The largest absolute Gasteiger partial charge is 0.489 e. The van der Waals surface area contributed by atoms with E-state index >= 15 is 0 Å². The molecule has 4 rings (SSSR count). The summed E-state index contributed by atoms with van der Waals surface area (Å²) in [7, 11) is -5.01. The topological polar surface area (TPSA) is 270 Å². The molecule has 3 heterocycles. The van der Waals surface area contributed by atoms with Gasteiger partial charge in [-0.3, -0.25) is 19.1 Å². The minimum Gasteiger partial charge on any atom is -0.489 e. The van der Waals surface area contributed by atoms with E-state index in [1.165, 1.54) is 19.2 Å². The van der Waals surface area contributed by atoms with Gasteiger partial charge in [0.2, 0.25) is 0 Å². The predicted molar refractivity (Wildman–Crippen MR) is 155 cm³/mol. The smallest absolute Gasteiger partial charge is 0.418 e. The zero-order valence-corrected chi connectivity index (χ0v) is 25.0. The summed E-state index contributed by atoms with van der Waals surface area (Å²) in [6.07, 6.45) is -0.794. The number of carboxylic acids is 1. The third-order valence-electron chi connectivity index (χ3n) is 6.55. The van der Waals surface area contributed by atoms with E-state index in [4.69, 9.17) is 25.6 Å². The number of β-lactam (4-membered cyclic amide) rings is 1. The van der Waals surface area contributed by atoms with Crippen molar-refractivity contribution in [2.75, 3.05) is 25.4 Å². The van der Waals surface area contributed by atoms with Crippen LogP contribution < -0.4 is 26.8 Å². The maximum absolute atomic E-state index is 13.2. The highest BCUT2D eigenvalue weighted by Crippen LogP contribution is 2.33. The molecule has 0 bridgehead atoms. The van der Waals surface area contributed by atoms with E-state index < -0.39 is 58.2 Å². The molecule has 0 aliphatic carbocycles. The molecule has 20 heteroatoms. The summed E-state index contributed by atoms with van der Waals surface area (Å²) in [5.41, 5.74) is 10.4. The highest BCUT2D eigenvalue weighted by Gasteiger charge is 2.58. The second kappa shape index (κ2) is 13.1. The average Bonchev–Trinajstić information content (AvgIpc) is 3.63. The zero-order valence-electron chi connectivity index (χ0n) is 23.4. The van der Waals surface area contributed by atoms with Crippen LogP contribution in [0.4, 0.5) is 5.13 Å². The van der Waals surface area contributed by atoms with Crippen LogP contribution in [0.3, 0.4) is 0 Å². The van der Waals surface area contributed by atoms with E-state index in [0.717, 1.165) is 30.8 Å². The number of ether oxygens (including phenoxy) is 1. The van der Waals surface area contributed by atoms with Crippen molar-refractivity contribution in [3.05, 3.63) is 40.9 Å². The van der Waals surface area contributed by atoms with Gasteiger partial charge in [-0.1, -0.05) is 5.16 Å². The first kappa shape index (κ1) is 32.5. The van der Waals surface area contributed by atoms with Gasteiger partial charge in [-0.25, -0.2) is 9.78 Å². The van der Waals surface area contributed by atoms with Crippen LogP contribution in [0.5, 0.6) is 5.75 Å². The van der Waals surface area contributed by atoms with Gasteiger partial charge in [-0.15, -0.1) is 15.6 Å². The summed E-state index contributed by atoms with van der Waals surface area (Å²) in [5, 5.41) is 20.7. The van der Waals surface area contributed by atoms with Crippen molar-refractivity contribution in [3.63, 3.8) is 0 Å². The lowest BCUT2D eigenvalue weighted by Crippen LogP contribution is -2.76. The third kappa shape index (κ3) is 7.77. The van der Waals surface area contributed by atoms with E-state index in [-0.39, 0.29) is 16.9 Å². The highest BCUT2D eigenvalue weighted by atomic mass is 32.3. The van der Waals surface area contributed by atoms with Crippen LogP contribution in [0.1, 0.15) is 31.5 Å². The number of anilines is 1. The molecule has 2 fully saturated rings. The Morgan fingerprint density at radius 2 is 2.02 bits per heavy atom.